The van der Waals surface area contributed by atoms with Gasteiger partial charge in [0.25, 0.3) is 5.91 Å². The zero-order valence-electron chi connectivity index (χ0n) is 11.0. The van der Waals surface area contributed by atoms with E-state index in [2.05, 4.69) is 5.32 Å². The van der Waals surface area contributed by atoms with Gasteiger partial charge >= 0.3 is 0 Å². The zero-order valence-corrected chi connectivity index (χ0v) is 11.0. The molecular weight excluding hydrogens is 254 g/mol. The fourth-order valence-electron chi connectivity index (χ4n) is 2.11. The van der Waals surface area contributed by atoms with E-state index < -0.39 is 0 Å². The lowest BCUT2D eigenvalue weighted by Gasteiger charge is -2.06. The highest BCUT2D eigenvalue weighted by molar-refractivity contribution is 5.94. The first-order valence-electron chi connectivity index (χ1n) is 6.55. The fraction of sp³-hybridized carbons (Fsp3) is 0.188. The number of hydrogen-bond acceptors (Lipinski definition) is 3. The number of rotatable bonds is 4. The van der Waals surface area contributed by atoms with Crippen molar-refractivity contribution in [2.24, 2.45) is 0 Å². The number of amides is 1. The lowest BCUT2D eigenvalue weighted by molar-refractivity contribution is 0.0954. The molecule has 0 aromatic heterocycles. The Kier molecular flexibility index (Phi) is 3.54. The first-order chi connectivity index (χ1) is 9.83. The third-order valence-corrected chi connectivity index (χ3v) is 3.17. The minimum Gasteiger partial charge on any atom is -0.454 e. The SMILES string of the molecule is O=C(NCCc1ccc2c(c1)OCO2)c1ccccc1. The standard InChI is InChI=1S/C16H15NO3/c18-16(13-4-2-1-3-5-13)17-9-8-12-6-7-14-15(10-12)20-11-19-14/h1-7,10H,8-9,11H2,(H,17,18). The average molecular weight is 269 g/mol. The molecule has 1 aliphatic heterocycles. The van der Waals surface area contributed by atoms with Gasteiger partial charge < -0.3 is 14.8 Å². The van der Waals surface area contributed by atoms with E-state index in [1.54, 1.807) is 12.1 Å². The predicted molar refractivity (Wildman–Crippen MR) is 75.0 cm³/mol. The highest BCUT2D eigenvalue weighted by atomic mass is 16.7. The summed E-state index contributed by atoms with van der Waals surface area (Å²) in [4.78, 5) is 11.9. The van der Waals surface area contributed by atoms with Crippen molar-refractivity contribution >= 4 is 5.91 Å². The van der Waals surface area contributed by atoms with Gasteiger partial charge in [0, 0.05) is 12.1 Å². The van der Waals surface area contributed by atoms with Crippen LogP contribution in [0.3, 0.4) is 0 Å². The van der Waals surface area contributed by atoms with Gasteiger partial charge in [-0.05, 0) is 36.2 Å². The molecule has 4 nitrogen and oxygen atoms in total. The minimum atomic E-state index is -0.0497. The molecule has 1 aliphatic rings. The van der Waals surface area contributed by atoms with Gasteiger partial charge in [0.05, 0.1) is 0 Å². The molecule has 1 N–H and O–H groups in total. The smallest absolute Gasteiger partial charge is 0.251 e. The average Bonchev–Trinajstić information content (AvgIpc) is 2.95. The summed E-state index contributed by atoms with van der Waals surface area (Å²) in [7, 11) is 0. The first-order valence-corrected chi connectivity index (χ1v) is 6.55. The number of carbonyl (C=O) groups excluding carboxylic acids is 1. The van der Waals surface area contributed by atoms with E-state index in [0.717, 1.165) is 23.5 Å². The summed E-state index contributed by atoms with van der Waals surface area (Å²) in [6.45, 7) is 0.872. The van der Waals surface area contributed by atoms with Crippen LogP contribution in [0, 0.1) is 0 Å². The lowest BCUT2D eigenvalue weighted by Crippen LogP contribution is -2.25. The van der Waals surface area contributed by atoms with E-state index in [4.69, 9.17) is 9.47 Å². The topological polar surface area (TPSA) is 47.6 Å². The molecule has 0 aliphatic carbocycles. The second-order valence-corrected chi connectivity index (χ2v) is 4.56. The molecule has 0 saturated carbocycles. The number of nitrogens with one attached hydrogen (secondary N) is 1. The van der Waals surface area contributed by atoms with Crippen LogP contribution in [-0.4, -0.2) is 19.2 Å². The fourth-order valence-corrected chi connectivity index (χ4v) is 2.11. The van der Waals surface area contributed by atoms with Gasteiger partial charge in [-0.15, -0.1) is 0 Å². The Hall–Kier alpha value is -2.49. The molecule has 1 heterocycles. The summed E-state index contributed by atoms with van der Waals surface area (Å²) < 4.78 is 10.6. The molecule has 0 saturated heterocycles. The van der Waals surface area contributed by atoms with Gasteiger partial charge in [-0.1, -0.05) is 24.3 Å². The molecule has 4 heteroatoms. The Balaban J connectivity index is 1.54. The zero-order chi connectivity index (χ0) is 13.8. The molecule has 0 bridgehead atoms. The molecule has 2 aromatic carbocycles. The van der Waals surface area contributed by atoms with E-state index in [1.165, 1.54) is 0 Å². The number of fused-ring (bicyclic) bond motifs is 1. The van der Waals surface area contributed by atoms with E-state index in [-0.39, 0.29) is 12.7 Å². The highest BCUT2D eigenvalue weighted by Gasteiger charge is 2.13. The van der Waals surface area contributed by atoms with Crippen molar-refractivity contribution in [3.05, 3.63) is 59.7 Å². The molecule has 102 valence electrons. The van der Waals surface area contributed by atoms with Crippen LogP contribution in [0.1, 0.15) is 15.9 Å². The Labute approximate surface area is 117 Å². The molecule has 0 unspecified atom stereocenters. The molecule has 2 aromatic rings. The normalized spacial score (nSPS) is 12.2. The molecule has 1 amide bonds. The van der Waals surface area contributed by atoms with Crippen LogP contribution >= 0.6 is 0 Å². The van der Waals surface area contributed by atoms with Crippen molar-refractivity contribution in [2.75, 3.05) is 13.3 Å². The Morgan fingerprint density at radius 1 is 1.05 bits per heavy atom. The van der Waals surface area contributed by atoms with Crippen molar-refractivity contribution in [1.29, 1.82) is 0 Å². The Bertz CT molecular complexity index is 610. The summed E-state index contributed by atoms with van der Waals surface area (Å²) in [6, 6.07) is 15.0. The maximum atomic E-state index is 11.9. The first kappa shape index (κ1) is 12.5. The van der Waals surface area contributed by atoms with Crippen LogP contribution in [0.4, 0.5) is 0 Å². The molecule has 3 rings (SSSR count). The van der Waals surface area contributed by atoms with Crippen molar-refractivity contribution in [1.82, 2.24) is 5.32 Å². The van der Waals surface area contributed by atoms with E-state index in [1.807, 2.05) is 36.4 Å². The number of benzene rings is 2. The summed E-state index contributed by atoms with van der Waals surface area (Å²) in [5.41, 5.74) is 1.79. The molecule has 0 spiro atoms. The van der Waals surface area contributed by atoms with Gasteiger partial charge in [-0.25, -0.2) is 0 Å². The van der Waals surface area contributed by atoms with Crippen LogP contribution in [0.2, 0.25) is 0 Å². The second kappa shape index (κ2) is 5.65. The van der Waals surface area contributed by atoms with Crippen molar-refractivity contribution in [2.45, 2.75) is 6.42 Å². The third-order valence-electron chi connectivity index (χ3n) is 3.17. The van der Waals surface area contributed by atoms with Gasteiger partial charge in [0.1, 0.15) is 0 Å². The van der Waals surface area contributed by atoms with Crippen molar-refractivity contribution in [3.8, 4) is 11.5 Å². The Morgan fingerprint density at radius 2 is 1.85 bits per heavy atom. The van der Waals surface area contributed by atoms with Crippen LogP contribution in [0.25, 0.3) is 0 Å². The summed E-state index contributed by atoms with van der Waals surface area (Å²) in [5, 5.41) is 2.90. The lowest BCUT2D eigenvalue weighted by atomic mass is 10.1. The predicted octanol–water partition coefficient (Wildman–Crippen LogP) is 2.39. The van der Waals surface area contributed by atoms with Crippen molar-refractivity contribution in [3.63, 3.8) is 0 Å². The molecule has 0 radical (unpaired) electrons. The molecule has 0 atom stereocenters. The van der Waals surface area contributed by atoms with Gasteiger partial charge in [-0.2, -0.15) is 0 Å². The monoisotopic (exact) mass is 269 g/mol. The molecule has 20 heavy (non-hydrogen) atoms. The molecule has 0 fully saturated rings. The number of hydrogen-bond donors (Lipinski definition) is 1. The van der Waals surface area contributed by atoms with Crippen LogP contribution in [0.15, 0.2) is 48.5 Å². The van der Waals surface area contributed by atoms with Crippen LogP contribution < -0.4 is 14.8 Å². The van der Waals surface area contributed by atoms with Crippen LogP contribution in [-0.2, 0) is 6.42 Å². The summed E-state index contributed by atoms with van der Waals surface area (Å²) in [6.07, 6.45) is 0.759. The maximum absolute atomic E-state index is 11.9. The largest absolute Gasteiger partial charge is 0.454 e. The Morgan fingerprint density at radius 3 is 2.70 bits per heavy atom. The second-order valence-electron chi connectivity index (χ2n) is 4.56. The minimum absolute atomic E-state index is 0.0497. The number of carbonyl (C=O) groups is 1. The van der Waals surface area contributed by atoms with Gasteiger partial charge in [0.2, 0.25) is 6.79 Å². The highest BCUT2D eigenvalue weighted by Crippen LogP contribution is 2.32. The van der Waals surface area contributed by atoms with Crippen LogP contribution in [0.5, 0.6) is 11.5 Å². The van der Waals surface area contributed by atoms with Gasteiger partial charge in [0.15, 0.2) is 11.5 Å². The number of ether oxygens (including phenoxy) is 2. The summed E-state index contributed by atoms with van der Waals surface area (Å²) in [5.74, 6) is 1.50. The van der Waals surface area contributed by atoms with E-state index in [0.29, 0.717) is 12.1 Å². The third kappa shape index (κ3) is 2.74. The molecular formula is C16H15NO3. The van der Waals surface area contributed by atoms with Gasteiger partial charge in [-0.3, -0.25) is 4.79 Å². The van der Waals surface area contributed by atoms with E-state index in [9.17, 15) is 4.79 Å². The quantitative estimate of drug-likeness (QED) is 0.927. The van der Waals surface area contributed by atoms with Crippen molar-refractivity contribution < 1.29 is 14.3 Å². The maximum Gasteiger partial charge on any atom is 0.251 e. The van der Waals surface area contributed by atoms with E-state index >= 15 is 0 Å². The summed E-state index contributed by atoms with van der Waals surface area (Å²) >= 11 is 0.